The van der Waals surface area contributed by atoms with E-state index in [-0.39, 0.29) is 24.0 Å². The van der Waals surface area contributed by atoms with E-state index in [1.54, 1.807) is 24.6 Å². The molecule has 8 heteroatoms. The molecule has 2 heterocycles. The minimum absolute atomic E-state index is 0. The van der Waals surface area contributed by atoms with Crippen LogP contribution in [0.5, 0.6) is 0 Å². The molecule has 27 heavy (non-hydrogen) atoms. The van der Waals surface area contributed by atoms with Crippen LogP contribution < -0.4 is 10.6 Å². The normalized spacial score (nSPS) is 11.1. The van der Waals surface area contributed by atoms with E-state index in [1.807, 2.05) is 19.4 Å². The fourth-order valence-corrected chi connectivity index (χ4v) is 3.48. The number of thiazole rings is 1. The van der Waals surface area contributed by atoms with Crippen LogP contribution in [0.2, 0.25) is 0 Å². The van der Waals surface area contributed by atoms with Gasteiger partial charge in [0.05, 0.1) is 18.6 Å². The average Bonchev–Trinajstić information content (AvgIpc) is 3.25. The standard InChI is InChI=1S/C19H24N6S.HI/c1-14-15(2)26-18(24-14)11-23-19(20-3)22-10-16-5-4-6-17(9-16)12-25-8-7-21-13-25;/h4-9,13H,10-12H2,1-3H3,(H2,20,22,23);1H. The van der Waals surface area contributed by atoms with Crippen LogP contribution in [-0.2, 0) is 19.6 Å². The summed E-state index contributed by atoms with van der Waals surface area (Å²) in [4.78, 5) is 14.2. The number of hydrogen-bond acceptors (Lipinski definition) is 4. The van der Waals surface area contributed by atoms with Gasteiger partial charge in [-0.25, -0.2) is 9.97 Å². The van der Waals surface area contributed by atoms with Gasteiger partial charge >= 0.3 is 0 Å². The number of hydrogen-bond donors (Lipinski definition) is 2. The van der Waals surface area contributed by atoms with Crippen molar-refractivity contribution in [2.45, 2.75) is 33.5 Å². The Kier molecular flexibility index (Phi) is 8.23. The number of nitrogens with zero attached hydrogens (tertiary/aromatic N) is 4. The zero-order valence-electron chi connectivity index (χ0n) is 15.8. The van der Waals surface area contributed by atoms with E-state index in [0.717, 1.165) is 23.2 Å². The highest BCUT2D eigenvalue weighted by Gasteiger charge is 2.05. The van der Waals surface area contributed by atoms with Gasteiger partial charge in [-0.15, -0.1) is 35.3 Å². The van der Waals surface area contributed by atoms with Crippen LogP contribution in [-0.4, -0.2) is 27.5 Å². The summed E-state index contributed by atoms with van der Waals surface area (Å²) in [5.74, 6) is 0.774. The van der Waals surface area contributed by atoms with Crippen molar-refractivity contribution in [3.63, 3.8) is 0 Å². The lowest BCUT2D eigenvalue weighted by molar-refractivity contribution is 0.786. The van der Waals surface area contributed by atoms with Crippen molar-refractivity contribution >= 4 is 41.3 Å². The highest BCUT2D eigenvalue weighted by Crippen LogP contribution is 2.15. The largest absolute Gasteiger partial charge is 0.352 e. The fourth-order valence-electron chi connectivity index (χ4n) is 2.61. The second kappa shape index (κ2) is 10.4. The monoisotopic (exact) mass is 496 g/mol. The molecule has 3 aromatic rings. The average molecular weight is 496 g/mol. The number of halogens is 1. The molecular weight excluding hydrogens is 471 g/mol. The van der Waals surface area contributed by atoms with Crippen LogP contribution in [0.3, 0.4) is 0 Å². The van der Waals surface area contributed by atoms with Crippen molar-refractivity contribution in [1.82, 2.24) is 25.2 Å². The van der Waals surface area contributed by atoms with Crippen LogP contribution in [0.1, 0.15) is 26.7 Å². The van der Waals surface area contributed by atoms with Crippen molar-refractivity contribution in [3.8, 4) is 0 Å². The second-order valence-electron chi connectivity index (χ2n) is 6.08. The maximum Gasteiger partial charge on any atom is 0.191 e. The quantitative estimate of drug-likeness (QED) is 0.312. The van der Waals surface area contributed by atoms with Crippen molar-refractivity contribution in [1.29, 1.82) is 0 Å². The lowest BCUT2D eigenvalue weighted by Gasteiger charge is -2.12. The first-order chi connectivity index (χ1) is 12.6. The SMILES string of the molecule is CN=C(NCc1cccc(Cn2ccnc2)c1)NCc1nc(C)c(C)s1.I. The first-order valence-electron chi connectivity index (χ1n) is 8.55. The Morgan fingerprint density at radius 2 is 1.96 bits per heavy atom. The highest BCUT2D eigenvalue weighted by atomic mass is 127. The summed E-state index contributed by atoms with van der Waals surface area (Å²) in [5, 5.41) is 7.76. The fraction of sp³-hybridized carbons (Fsp3) is 0.316. The molecule has 0 saturated carbocycles. The molecule has 0 aliphatic rings. The van der Waals surface area contributed by atoms with E-state index in [4.69, 9.17) is 0 Å². The summed E-state index contributed by atoms with van der Waals surface area (Å²) in [6.07, 6.45) is 5.60. The maximum absolute atomic E-state index is 4.55. The number of aliphatic imine (C=N–C) groups is 1. The van der Waals surface area contributed by atoms with Gasteiger partial charge in [-0.1, -0.05) is 24.3 Å². The van der Waals surface area contributed by atoms with E-state index < -0.39 is 0 Å². The number of benzene rings is 1. The van der Waals surface area contributed by atoms with E-state index in [0.29, 0.717) is 13.1 Å². The topological polar surface area (TPSA) is 67.1 Å². The number of guanidine groups is 1. The minimum atomic E-state index is 0. The van der Waals surface area contributed by atoms with Crippen molar-refractivity contribution in [3.05, 3.63) is 69.7 Å². The third-order valence-electron chi connectivity index (χ3n) is 4.08. The van der Waals surface area contributed by atoms with Gasteiger partial charge < -0.3 is 15.2 Å². The molecule has 1 aromatic carbocycles. The smallest absolute Gasteiger partial charge is 0.191 e. The number of aryl methyl sites for hydroxylation is 2. The first-order valence-corrected chi connectivity index (χ1v) is 9.36. The molecule has 0 aliphatic carbocycles. The summed E-state index contributed by atoms with van der Waals surface area (Å²) in [7, 11) is 1.78. The Hall–Kier alpha value is -1.94. The van der Waals surface area contributed by atoms with Crippen LogP contribution >= 0.6 is 35.3 Å². The Morgan fingerprint density at radius 1 is 1.19 bits per heavy atom. The Balaban J connectivity index is 0.00000261. The van der Waals surface area contributed by atoms with Gasteiger partial charge in [0.1, 0.15) is 5.01 Å². The van der Waals surface area contributed by atoms with Gasteiger partial charge in [0, 0.05) is 37.4 Å². The number of nitrogens with one attached hydrogen (secondary N) is 2. The van der Waals surface area contributed by atoms with Gasteiger partial charge in [-0.3, -0.25) is 4.99 Å². The molecule has 0 atom stereocenters. The number of rotatable bonds is 6. The van der Waals surface area contributed by atoms with Crippen LogP contribution in [0, 0.1) is 13.8 Å². The maximum atomic E-state index is 4.55. The van der Waals surface area contributed by atoms with Gasteiger partial charge in [-0.05, 0) is 25.0 Å². The van der Waals surface area contributed by atoms with Crippen LogP contribution in [0.15, 0.2) is 48.0 Å². The van der Waals surface area contributed by atoms with E-state index in [1.165, 1.54) is 16.0 Å². The van der Waals surface area contributed by atoms with Crippen molar-refractivity contribution in [2.75, 3.05) is 7.05 Å². The predicted octanol–water partition coefficient (Wildman–Crippen LogP) is 3.49. The molecule has 2 N–H and O–H groups in total. The van der Waals surface area contributed by atoms with Crippen LogP contribution in [0.25, 0.3) is 0 Å². The molecule has 3 rings (SSSR count). The van der Waals surface area contributed by atoms with Crippen molar-refractivity contribution in [2.24, 2.45) is 4.99 Å². The third-order valence-corrected chi connectivity index (χ3v) is 5.15. The van der Waals surface area contributed by atoms with Gasteiger partial charge in [0.15, 0.2) is 5.96 Å². The van der Waals surface area contributed by atoms with E-state index in [2.05, 4.69) is 61.4 Å². The van der Waals surface area contributed by atoms with Gasteiger partial charge in [0.2, 0.25) is 0 Å². The summed E-state index contributed by atoms with van der Waals surface area (Å²) < 4.78 is 2.06. The minimum Gasteiger partial charge on any atom is -0.352 e. The lowest BCUT2D eigenvalue weighted by atomic mass is 10.1. The predicted molar refractivity (Wildman–Crippen MR) is 122 cm³/mol. The summed E-state index contributed by atoms with van der Waals surface area (Å²) in [6, 6.07) is 8.53. The van der Waals surface area contributed by atoms with E-state index >= 15 is 0 Å². The van der Waals surface area contributed by atoms with Gasteiger partial charge in [0.25, 0.3) is 0 Å². The molecule has 144 valence electrons. The Morgan fingerprint density at radius 3 is 2.63 bits per heavy atom. The lowest BCUT2D eigenvalue weighted by Crippen LogP contribution is -2.36. The molecule has 6 nitrogen and oxygen atoms in total. The Labute approximate surface area is 181 Å². The van der Waals surface area contributed by atoms with Crippen molar-refractivity contribution < 1.29 is 0 Å². The molecule has 0 radical (unpaired) electrons. The molecule has 0 bridgehead atoms. The highest BCUT2D eigenvalue weighted by molar-refractivity contribution is 14.0. The number of aromatic nitrogens is 3. The summed E-state index contributed by atoms with van der Waals surface area (Å²) >= 11 is 1.72. The zero-order chi connectivity index (χ0) is 18.4. The number of imidazole rings is 1. The summed E-state index contributed by atoms with van der Waals surface area (Å²) in [5.41, 5.74) is 3.56. The van der Waals surface area contributed by atoms with E-state index in [9.17, 15) is 0 Å². The van der Waals surface area contributed by atoms with Gasteiger partial charge in [-0.2, -0.15) is 0 Å². The molecule has 0 amide bonds. The Bertz CT molecular complexity index is 853. The van der Waals surface area contributed by atoms with Crippen LogP contribution in [0.4, 0.5) is 0 Å². The third kappa shape index (κ3) is 6.31. The molecule has 0 unspecified atom stereocenters. The molecule has 0 saturated heterocycles. The summed E-state index contributed by atoms with van der Waals surface area (Å²) in [6.45, 7) is 6.36. The molecular formula is C19H25IN6S. The molecule has 0 fully saturated rings. The molecule has 0 spiro atoms. The molecule has 2 aromatic heterocycles. The molecule has 0 aliphatic heterocycles. The first kappa shape index (κ1) is 21.4. The zero-order valence-corrected chi connectivity index (χ0v) is 18.9. The second-order valence-corrected chi connectivity index (χ2v) is 7.37.